The molecule has 0 N–H and O–H groups in total. The van der Waals surface area contributed by atoms with Crippen LogP contribution in [0, 0.1) is 13.8 Å². The molecule has 0 saturated carbocycles. The predicted molar refractivity (Wildman–Crippen MR) is 303 cm³/mol. The lowest BCUT2D eigenvalue weighted by Gasteiger charge is -2.38. The van der Waals surface area contributed by atoms with Gasteiger partial charge in [0.1, 0.15) is 0 Å². The second kappa shape index (κ2) is 19.9. The Kier molecular flexibility index (Phi) is 13.1. The largest absolute Gasteiger partial charge is 0.310 e. The van der Waals surface area contributed by atoms with Crippen LogP contribution in [0.3, 0.4) is 0 Å². The van der Waals surface area contributed by atoms with Crippen LogP contribution in [-0.4, -0.2) is 0 Å². The van der Waals surface area contributed by atoms with Crippen molar-refractivity contribution in [1.82, 2.24) is 0 Å². The minimum atomic E-state index is -0.590. The van der Waals surface area contributed by atoms with Crippen LogP contribution in [0.2, 0.25) is 0 Å². The maximum atomic E-state index is 2.64. The molecule has 1 aliphatic carbocycles. The summed E-state index contributed by atoms with van der Waals surface area (Å²) in [6.45, 7) is 13.7. The second-order valence-corrected chi connectivity index (χ2v) is 21.2. The molecule has 2 heterocycles. The molecule has 0 saturated heterocycles. The first-order valence-electron chi connectivity index (χ1n) is 27.3. The summed E-state index contributed by atoms with van der Waals surface area (Å²) in [5.41, 5.74) is 28.9. The third-order valence-electron chi connectivity index (χ3n) is 16.2. The van der Waals surface area contributed by atoms with E-state index in [1.807, 2.05) is 0 Å². The van der Waals surface area contributed by atoms with Gasteiger partial charge in [-0.15, -0.1) is 0 Å². The van der Waals surface area contributed by atoms with E-state index in [0.29, 0.717) is 0 Å². The molecule has 0 aromatic heterocycles. The molecule has 0 amide bonds. The van der Waals surface area contributed by atoms with Gasteiger partial charge in [0.15, 0.2) is 0 Å². The lowest BCUT2D eigenvalue weighted by Crippen LogP contribution is -2.30. The summed E-state index contributed by atoms with van der Waals surface area (Å²) >= 11 is 0. The maximum Gasteiger partial charge on any atom is 0.0715 e. The highest BCUT2D eigenvalue weighted by Crippen LogP contribution is 2.61. The van der Waals surface area contributed by atoms with E-state index in [0.717, 1.165) is 38.5 Å². The Hall–Kier alpha value is -6.64. The molecule has 0 unspecified atom stereocenters. The van der Waals surface area contributed by atoms with Crippen LogP contribution in [0.1, 0.15) is 157 Å². The van der Waals surface area contributed by atoms with Gasteiger partial charge < -0.3 is 9.80 Å². The van der Waals surface area contributed by atoms with Gasteiger partial charge in [-0.05, 0) is 204 Å². The second-order valence-electron chi connectivity index (χ2n) is 21.2. The Balaban J connectivity index is 1.19. The molecule has 0 spiro atoms. The zero-order valence-electron chi connectivity index (χ0n) is 43.3. The first-order chi connectivity index (χ1) is 34.8. The summed E-state index contributed by atoms with van der Waals surface area (Å²) in [5.74, 6) is 0. The monoisotopic (exact) mass is 929 g/mol. The average Bonchev–Trinajstić information content (AvgIpc) is 3.67. The fraction of sp³-hybridized carbons (Fsp3) is 0.304. The van der Waals surface area contributed by atoms with Crippen molar-refractivity contribution in [2.45, 2.75) is 137 Å². The van der Waals surface area contributed by atoms with E-state index in [9.17, 15) is 0 Å². The van der Waals surface area contributed by atoms with Gasteiger partial charge in [-0.3, -0.25) is 0 Å². The third-order valence-corrected chi connectivity index (χ3v) is 16.2. The van der Waals surface area contributed by atoms with Crippen molar-refractivity contribution in [2.24, 2.45) is 0 Å². The molecule has 0 radical (unpaired) electrons. The van der Waals surface area contributed by atoms with Crippen LogP contribution in [0.4, 0.5) is 34.1 Å². The van der Waals surface area contributed by atoms with Crippen molar-refractivity contribution in [3.05, 3.63) is 236 Å². The Morgan fingerprint density at radius 3 is 1.01 bits per heavy atom. The number of fused-ring (bicyclic) bond motifs is 7. The van der Waals surface area contributed by atoms with Crippen molar-refractivity contribution >= 4 is 34.1 Å². The van der Waals surface area contributed by atoms with Crippen molar-refractivity contribution in [3.63, 3.8) is 0 Å². The van der Waals surface area contributed by atoms with Crippen molar-refractivity contribution in [1.29, 1.82) is 0 Å². The summed E-state index contributed by atoms with van der Waals surface area (Å²) in [6, 6.07) is 63.4. The summed E-state index contributed by atoms with van der Waals surface area (Å²) in [5, 5.41) is 0. The van der Waals surface area contributed by atoms with Gasteiger partial charge in [0, 0.05) is 35.6 Å². The molecule has 71 heavy (non-hydrogen) atoms. The van der Waals surface area contributed by atoms with Gasteiger partial charge >= 0.3 is 0 Å². The molecule has 11 rings (SSSR count). The van der Waals surface area contributed by atoms with E-state index in [1.54, 1.807) is 0 Å². The molecule has 0 atom stereocenters. The normalized spacial score (nSPS) is 13.8. The van der Waals surface area contributed by atoms with E-state index in [-0.39, 0.29) is 0 Å². The van der Waals surface area contributed by atoms with Crippen LogP contribution in [0.5, 0.6) is 0 Å². The fourth-order valence-electron chi connectivity index (χ4n) is 12.3. The van der Waals surface area contributed by atoms with Gasteiger partial charge in [-0.2, -0.15) is 0 Å². The Morgan fingerprint density at radius 1 is 0.352 bits per heavy atom. The third kappa shape index (κ3) is 8.52. The molecule has 8 aromatic carbocycles. The fourth-order valence-corrected chi connectivity index (χ4v) is 12.3. The Bertz CT molecular complexity index is 2970. The topological polar surface area (TPSA) is 6.48 Å². The minimum absolute atomic E-state index is 0.590. The molecule has 2 heteroatoms. The maximum absolute atomic E-state index is 2.64. The highest BCUT2D eigenvalue weighted by Gasteiger charge is 2.48. The lowest BCUT2D eigenvalue weighted by atomic mass is 9.67. The lowest BCUT2D eigenvalue weighted by molar-refractivity contribution is 0.758. The Labute approximate surface area is 425 Å². The summed E-state index contributed by atoms with van der Waals surface area (Å²) < 4.78 is 0. The zero-order chi connectivity index (χ0) is 48.6. The van der Waals surface area contributed by atoms with E-state index >= 15 is 0 Å². The van der Waals surface area contributed by atoms with Crippen LogP contribution >= 0.6 is 0 Å². The molecule has 358 valence electrons. The van der Waals surface area contributed by atoms with E-state index in [4.69, 9.17) is 0 Å². The number of nitrogens with zero attached hydrogens (tertiary/aromatic N) is 2. The highest BCUT2D eigenvalue weighted by molar-refractivity contribution is 5.96. The van der Waals surface area contributed by atoms with E-state index in [1.165, 1.54) is 175 Å². The molecule has 0 fully saturated rings. The molecular weight excluding hydrogens is 857 g/mol. The Morgan fingerprint density at radius 2 is 0.676 bits per heavy atom. The molecular formula is C69H72N2. The first kappa shape index (κ1) is 46.7. The predicted octanol–water partition coefficient (Wildman–Crippen LogP) is 18.8. The molecule has 2 nitrogen and oxygen atoms in total. The van der Waals surface area contributed by atoms with Crippen molar-refractivity contribution in [3.8, 4) is 11.1 Å². The average molecular weight is 929 g/mol. The highest BCUT2D eigenvalue weighted by atomic mass is 15.2. The number of aryl methyl sites for hydroxylation is 6. The van der Waals surface area contributed by atoms with Crippen LogP contribution in [0.15, 0.2) is 158 Å². The van der Waals surface area contributed by atoms with Crippen LogP contribution < -0.4 is 9.80 Å². The van der Waals surface area contributed by atoms with Gasteiger partial charge in [-0.25, -0.2) is 0 Å². The number of hydrogen-bond acceptors (Lipinski definition) is 2. The summed E-state index contributed by atoms with van der Waals surface area (Å²) in [6.07, 6.45) is 15.8. The molecule has 8 aromatic rings. The zero-order valence-corrected chi connectivity index (χ0v) is 43.3. The number of unbranched alkanes of at least 4 members (excludes halogenated alkanes) is 4. The smallest absolute Gasteiger partial charge is 0.0715 e. The minimum Gasteiger partial charge on any atom is -0.310 e. The number of hydrogen-bond donors (Lipinski definition) is 0. The quantitative estimate of drug-likeness (QED) is 0.0953. The van der Waals surface area contributed by atoms with Crippen molar-refractivity contribution in [2.75, 3.05) is 9.80 Å². The number of benzene rings is 8. The SMILES string of the molecule is CCCCc1ccc(N2c3ccc(C)cc3Cc3cc4c(cc32)C(c2ccc(CCCC)cc2)(c2ccc(CCCC)cc2)c2cc3c(cc2-4)Cc2cc(C)ccc2N3c2ccc(CCCC)cc2)cc1. The number of rotatable bonds is 16. The van der Waals surface area contributed by atoms with Gasteiger partial charge in [0.2, 0.25) is 0 Å². The first-order valence-corrected chi connectivity index (χ1v) is 27.3. The van der Waals surface area contributed by atoms with Gasteiger partial charge in [-0.1, -0.05) is 162 Å². The van der Waals surface area contributed by atoms with Crippen molar-refractivity contribution < 1.29 is 0 Å². The molecule has 2 aliphatic heterocycles. The standard InChI is InChI=1S/C69H72N2/c1-7-11-15-49-21-29-57(30-22-49)69(58-31-23-50(24-32-58)16-12-8-2)63-45-67-55(41-53-39-47(5)19-37-65(53)70(67)59-33-25-51(26-34-59)17-13-9-3)43-61(63)62-44-56-42-54-40-48(6)20-38-66(54)71(68(56)46-64(62)69)60-35-27-52(28-36-60)18-14-10-4/h19-40,43-46H,7-18,41-42H2,1-6H3. The van der Waals surface area contributed by atoms with Gasteiger partial charge in [0.05, 0.1) is 16.8 Å². The van der Waals surface area contributed by atoms with Gasteiger partial charge in [0.25, 0.3) is 0 Å². The van der Waals surface area contributed by atoms with Crippen LogP contribution in [0.25, 0.3) is 11.1 Å². The molecule has 0 bridgehead atoms. The van der Waals surface area contributed by atoms with Crippen LogP contribution in [-0.2, 0) is 43.9 Å². The summed E-state index contributed by atoms with van der Waals surface area (Å²) in [7, 11) is 0. The van der Waals surface area contributed by atoms with E-state index < -0.39 is 5.41 Å². The van der Waals surface area contributed by atoms with E-state index in [2.05, 4.69) is 209 Å². The summed E-state index contributed by atoms with van der Waals surface area (Å²) in [4.78, 5) is 5.17. The molecule has 3 aliphatic rings. The number of anilines is 6.